The van der Waals surface area contributed by atoms with Crippen LogP contribution in [0.1, 0.15) is 25.3 Å². The van der Waals surface area contributed by atoms with Gasteiger partial charge in [-0.05, 0) is 45.0 Å². The van der Waals surface area contributed by atoms with Gasteiger partial charge < -0.3 is 14.7 Å². The van der Waals surface area contributed by atoms with E-state index in [1.165, 1.54) is 5.69 Å². The summed E-state index contributed by atoms with van der Waals surface area (Å²) in [5, 5.41) is 6.75. The fourth-order valence-electron chi connectivity index (χ4n) is 3.12. The Labute approximate surface area is 148 Å². The van der Waals surface area contributed by atoms with Crippen LogP contribution in [-0.4, -0.2) is 48.2 Å². The number of benzene rings is 1. The van der Waals surface area contributed by atoms with Crippen LogP contribution in [0.25, 0.3) is 0 Å². The molecule has 3 rings (SSSR count). The maximum atomic E-state index is 12.1. The lowest BCUT2D eigenvalue weighted by Crippen LogP contribution is -2.48. The maximum Gasteiger partial charge on any atom is 0.230 e. The van der Waals surface area contributed by atoms with Crippen LogP contribution in [0.2, 0.25) is 0 Å². The molecule has 0 bridgehead atoms. The number of hydrogen-bond donors (Lipinski definition) is 1. The molecule has 1 saturated heterocycles. The van der Waals surface area contributed by atoms with Gasteiger partial charge in [-0.25, -0.2) is 0 Å². The van der Waals surface area contributed by atoms with Crippen LogP contribution >= 0.6 is 0 Å². The lowest BCUT2D eigenvalue weighted by Gasteiger charge is -2.38. The molecule has 0 unspecified atom stereocenters. The zero-order valence-corrected chi connectivity index (χ0v) is 15.2. The fraction of sp³-hybridized carbons (Fsp3) is 0.474. The van der Waals surface area contributed by atoms with Crippen molar-refractivity contribution in [1.29, 1.82) is 0 Å². The number of aryl methyl sites for hydroxylation is 1. The van der Waals surface area contributed by atoms with Crippen molar-refractivity contribution in [2.45, 2.75) is 33.2 Å². The molecule has 2 aromatic rings. The first-order valence-corrected chi connectivity index (χ1v) is 8.82. The van der Waals surface area contributed by atoms with Gasteiger partial charge in [-0.1, -0.05) is 5.16 Å². The van der Waals surface area contributed by atoms with Gasteiger partial charge in [-0.2, -0.15) is 0 Å². The number of amides is 1. The molecule has 1 fully saturated rings. The number of nitrogens with one attached hydrogen (secondary N) is 1. The Morgan fingerprint density at radius 2 is 1.88 bits per heavy atom. The predicted molar refractivity (Wildman–Crippen MR) is 98.9 cm³/mol. The Morgan fingerprint density at radius 1 is 1.20 bits per heavy atom. The molecule has 1 amide bonds. The topological polar surface area (TPSA) is 61.6 Å². The zero-order valence-electron chi connectivity index (χ0n) is 15.2. The van der Waals surface area contributed by atoms with Gasteiger partial charge in [0, 0.05) is 49.7 Å². The van der Waals surface area contributed by atoms with Crippen LogP contribution in [0.4, 0.5) is 11.4 Å². The molecule has 1 aromatic carbocycles. The molecule has 2 heterocycles. The first-order valence-electron chi connectivity index (χ1n) is 8.82. The standard InChI is InChI=1S/C19H26N4O2/c1-14(2)22-8-10-23(11-9-22)18-6-4-16(5-7-18)20-19(24)13-17-12-15(3)25-21-17/h4-7,12,14H,8-11,13H2,1-3H3,(H,20,24). The third kappa shape index (κ3) is 4.60. The van der Waals surface area contributed by atoms with E-state index in [-0.39, 0.29) is 12.3 Å². The second-order valence-electron chi connectivity index (χ2n) is 6.82. The lowest BCUT2D eigenvalue weighted by atomic mass is 10.2. The number of carbonyl (C=O) groups excluding carboxylic acids is 1. The first kappa shape index (κ1) is 17.5. The highest BCUT2D eigenvalue weighted by Gasteiger charge is 2.18. The van der Waals surface area contributed by atoms with Crippen LogP contribution in [0.5, 0.6) is 0 Å². The fourth-order valence-corrected chi connectivity index (χ4v) is 3.12. The highest BCUT2D eigenvalue weighted by atomic mass is 16.5. The molecular weight excluding hydrogens is 316 g/mol. The summed E-state index contributed by atoms with van der Waals surface area (Å²) in [7, 11) is 0. The molecular formula is C19H26N4O2. The van der Waals surface area contributed by atoms with Crippen molar-refractivity contribution in [3.05, 3.63) is 41.8 Å². The number of anilines is 2. The Morgan fingerprint density at radius 3 is 2.44 bits per heavy atom. The molecule has 1 aliphatic heterocycles. The Bertz CT molecular complexity index is 700. The van der Waals surface area contributed by atoms with Crippen molar-refractivity contribution >= 4 is 17.3 Å². The number of carbonyl (C=O) groups is 1. The van der Waals surface area contributed by atoms with Crippen molar-refractivity contribution in [2.24, 2.45) is 0 Å². The van der Waals surface area contributed by atoms with Gasteiger partial charge in [-0.3, -0.25) is 9.69 Å². The summed E-state index contributed by atoms with van der Waals surface area (Å²) in [4.78, 5) is 17.0. The van der Waals surface area contributed by atoms with E-state index in [4.69, 9.17) is 4.52 Å². The van der Waals surface area contributed by atoms with Gasteiger partial charge in [0.05, 0.1) is 12.1 Å². The van der Waals surface area contributed by atoms with E-state index in [1.807, 2.05) is 19.1 Å². The normalized spacial score (nSPS) is 15.6. The predicted octanol–water partition coefficient (Wildman–Crippen LogP) is 2.69. The molecule has 25 heavy (non-hydrogen) atoms. The molecule has 0 spiro atoms. The molecule has 0 radical (unpaired) electrons. The summed E-state index contributed by atoms with van der Waals surface area (Å²) < 4.78 is 4.98. The molecule has 0 saturated carbocycles. The Balaban J connectivity index is 1.53. The van der Waals surface area contributed by atoms with E-state index >= 15 is 0 Å². The minimum absolute atomic E-state index is 0.0911. The number of aromatic nitrogens is 1. The number of rotatable bonds is 5. The monoisotopic (exact) mass is 342 g/mol. The summed E-state index contributed by atoms with van der Waals surface area (Å²) >= 11 is 0. The second-order valence-corrected chi connectivity index (χ2v) is 6.82. The lowest BCUT2D eigenvalue weighted by molar-refractivity contribution is -0.115. The van der Waals surface area contributed by atoms with Crippen molar-refractivity contribution in [3.63, 3.8) is 0 Å². The van der Waals surface area contributed by atoms with E-state index in [0.29, 0.717) is 17.5 Å². The molecule has 6 heteroatoms. The van der Waals surface area contributed by atoms with Gasteiger partial charge >= 0.3 is 0 Å². The van der Waals surface area contributed by atoms with Crippen LogP contribution in [0.3, 0.4) is 0 Å². The second kappa shape index (κ2) is 7.70. The Hall–Kier alpha value is -2.34. The van der Waals surface area contributed by atoms with E-state index in [0.717, 1.165) is 31.9 Å². The van der Waals surface area contributed by atoms with Crippen LogP contribution in [-0.2, 0) is 11.2 Å². The molecule has 1 aromatic heterocycles. The molecule has 1 aliphatic rings. The van der Waals surface area contributed by atoms with E-state index in [9.17, 15) is 4.79 Å². The molecule has 1 N–H and O–H groups in total. The quantitative estimate of drug-likeness (QED) is 0.905. The van der Waals surface area contributed by atoms with Gasteiger partial charge in [0.2, 0.25) is 5.91 Å². The minimum Gasteiger partial charge on any atom is -0.369 e. The summed E-state index contributed by atoms with van der Waals surface area (Å²) in [5.74, 6) is 0.622. The average molecular weight is 342 g/mol. The molecule has 6 nitrogen and oxygen atoms in total. The van der Waals surface area contributed by atoms with Crippen molar-refractivity contribution in [2.75, 3.05) is 36.4 Å². The van der Waals surface area contributed by atoms with Gasteiger partial charge in [0.25, 0.3) is 0 Å². The van der Waals surface area contributed by atoms with Gasteiger partial charge in [0.1, 0.15) is 5.76 Å². The third-order valence-corrected chi connectivity index (χ3v) is 4.58. The zero-order chi connectivity index (χ0) is 17.8. The van der Waals surface area contributed by atoms with Crippen molar-refractivity contribution < 1.29 is 9.32 Å². The van der Waals surface area contributed by atoms with E-state index < -0.39 is 0 Å². The molecule has 0 atom stereocenters. The van der Waals surface area contributed by atoms with Crippen LogP contribution in [0.15, 0.2) is 34.9 Å². The number of piperazine rings is 1. The van der Waals surface area contributed by atoms with Crippen molar-refractivity contribution in [3.8, 4) is 0 Å². The highest BCUT2D eigenvalue weighted by Crippen LogP contribution is 2.20. The van der Waals surface area contributed by atoms with Gasteiger partial charge in [0.15, 0.2) is 0 Å². The highest BCUT2D eigenvalue weighted by molar-refractivity contribution is 5.92. The maximum absolute atomic E-state index is 12.1. The third-order valence-electron chi connectivity index (χ3n) is 4.58. The summed E-state index contributed by atoms with van der Waals surface area (Å²) in [5.41, 5.74) is 2.65. The average Bonchev–Trinajstić information content (AvgIpc) is 3.00. The first-order chi connectivity index (χ1) is 12.0. The summed E-state index contributed by atoms with van der Waals surface area (Å²) in [6.07, 6.45) is 0.219. The van der Waals surface area contributed by atoms with Crippen LogP contribution in [0, 0.1) is 6.92 Å². The SMILES string of the molecule is Cc1cc(CC(=O)Nc2ccc(N3CCN(C(C)C)CC3)cc2)no1. The summed E-state index contributed by atoms with van der Waals surface area (Å²) in [6, 6.07) is 10.4. The summed E-state index contributed by atoms with van der Waals surface area (Å²) in [6.45, 7) is 10.6. The number of nitrogens with zero attached hydrogens (tertiary/aromatic N) is 3. The number of hydrogen-bond acceptors (Lipinski definition) is 5. The largest absolute Gasteiger partial charge is 0.369 e. The molecule has 134 valence electrons. The minimum atomic E-state index is -0.0911. The van der Waals surface area contributed by atoms with Crippen molar-refractivity contribution in [1.82, 2.24) is 10.1 Å². The van der Waals surface area contributed by atoms with E-state index in [1.54, 1.807) is 6.07 Å². The Kier molecular flexibility index (Phi) is 5.38. The smallest absolute Gasteiger partial charge is 0.230 e. The van der Waals surface area contributed by atoms with E-state index in [2.05, 4.69) is 46.3 Å². The van der Waals surface area contributed by atoms with Gasteiger partial charge in [-0.15, -0.1) is 0 Å². The van der Waals surface area contributed by atoms with Crippen LogP contribution < -0.4 is 10.2 Å². The molecule has 0 aliphatic carbocycles.